The van der Waals surface area contributed by atoms with Crippen molar-refractivity contribution in [2.45, 2.75) is 17.2 Å². The first kappa shape index (κ1) is 26.5. The van der Waals surface area contributed by atoms with Crippen LogP contribution >= 0.6 is 0 Å². The van der Waals surface area contributed by atoms with Crippen LogP contribution in [0.2, 0.25) is 0 Å². The zero-order valence-corrected chi connectivity index (χ0v) is 17.1. The molecule has 0 spiro atoms. The highest BCUT2D eigenvalue weighted by Crippen LogP contribution is 2.53. The highest BCUT2D eigenvalue weighted by molar-refractivity contribution is 5.29. The minimum atomic E-state index is -5.14. The molecular weight excluding hydrogens is 504 g/mol. The van der Waals surface area contributed by atoms with Crippen molar-refractivity contribution in [3.05, 3.63) is 132 Å². The van der Waals surface area contributed by atoms with E-state index < -0.39 is 58.3 Å². The van der Waals surface area contributed by atoms with Gasteiger partial charge in [-0.2, -0.15) is 0 Å². The summed E-state index contributed by atoms with van der Waals surface area (Å²) >= 11 is 0. The average Bonchev–Trinajstić information content (AvgIpc) is 2.79. The summed E-state index contributed by atoms with van der Waals surface area (Å²) in [6, 6.07) is 7.97. The number of nitro groups is 3. The fourth-order valence-corrected chi connectivity index (χ4v) is 3.43. The van der Waals surface area contributed by atoms with Gasteiger partial charge in [0.2, 0.25) is 0 Å². The molecule has 0 aliphatic carbocycles. The Hall–Kier alpha value is -5.76. The van der Waals surface area contributed by atoms with Crippen LogP contribution in [0.5, 0.6) is 0 Å². The topological polar surface area (TPSA) is 287 Å². The Kier molecular flexibility index (Phi) is 7.08. The fraction of sp³-hybridized carbons (Fsp3) is 0.200. The maximum absolute atomic E-state index is 12.5. The van der Waals surface area contributed by atoms with Gasteiger partial charge in [-0.15, -0.1) is 30.3 Å². The maximum Gasteiger partial charge on any atom is 0.556 e. The summed E-state index contributed by atoms with van der Waals surface area (Å²) in [5.41, 5.74) is -17.1. The van der Waals surface area contributed by atoms with E-state index in [9.17, 15) is 60.7 Å². The molecule has 0 saturated carbocycles. The van der Waals surface area contributed by atoms with Gasteiger partial charge >= 0.3 is 32.4 Å². The highest BCUT2D eigenvalue weighted by Gasteiger charge is 2.96. The van der Waals surface area contributed by atoms with Crippen molar-refractivity contribution in [3.63, 3.8) is 0 Å². The van der Waals surface area contributed by atoms with Crippen LogP contribution in [0.25, 0.3) is 0 Å². The van der Waals surface area contributed by atoms with Crippen molar-refractivity contribution >= 4 is 0 Å². The Bertz CT molecular complexity index is 1130. The van der Waals surface area contributed by atoms with Crippen molar-refractivity contribution in [1.82, 2.24) is 0 Å². The monoisotopic (exact) mass is 514 g/mol. The molecule has 2 rings (SSSR count). The third kappa shape index (κ3) is 3.91. The van der Waals surface area contributed by atoms with Crippen molar-refractivity contribution < 1.29 is 44.5 Å². The van der Waals surface area contributed by atoms with E-state index >= 15 is 0 Å². The molecule has 190 valence electrons. The molecule has 0 N–H and O–H groups in total. The molecule has 0 radical (unpaired) electrons. The predicted octanol–water partition coefficient (Wildman–Crippen LogP) is 0.844. The molecular formula is C15H10N6O15. The van der Waals surface area contributed by atoms with Crippen LogP contribution < -0.4 is 0 Å². The Morgan fingerprint density at radius 3 is 1.00 bits per heavy atom. The first-order valence-corrected chi connectivity index (χ1v) is 8.84. The molecule has 0 amide bonds. The Morgan fingerprint density at radius 1 is 0.472 bits per heavy atom. The van der Waals surface area contributed by atoms with Gasteiger partial charge in [-0.25, -0.2) is 14.5 Å². The van der Waals surface area contributed by atoms with Crippen LogP contribution in [0.3, 0.4) is 0 Å². The summed E-state index contributed by atoms with van der Waals surface area (Å²) in [7, 11) is 0. The van der Waals surface area contributed by atoms with Gasteiger partial charge < -0.3 is 0 Å². The summed E-state index contributed by atoms with van der Waals surface area (Å²) < 4.78 is 0. The van der Waals surface area contributed by atoms with Crippen LogP contribution in [0.4, 0.5) is 0 Å². The number of rotatable bonds is 13. The molecule has 0 aromatic heterocycles. The van der Waals surface area contributed by atoms with Gasteiger partial charge in [0, 0.05) is 0 Å². The summed E-state index contributed by atoms with van der Waals surface area (Å²) in [6.07, 6.45) is 0. The smallest absolute Gasteiger partial charge is 0.261 e. The van der Waals surface area contributed by atoms with E-state index in [1.165, 1.54) is 0 Å². The minimum absolute atomic E-state index is 0.537. The lowest BCUT2D eigenvalue weighted by Gasteiger charge is -2.38. The third-order valence-corrected chi connectivity index (χ3v) is 4.64. The van der Waals surface area contributed by atoms with Gasteiger partial charge in [0.1, 0.15) is 0 Å². The molecule has 21 nitrogen and oxygen atoms in total. The second kappa shape index (κ2) is 9.62. The quantitative estimate of drug-likeness (QED) is 0.203. The second-order valence-corrected chi connectivity index (χ2v) is 6.38. The molecule has 2 aromatic rings. The number of hydrogen-bond acceptors (Lipinski definition) is 15. The highest BCUT2D eigenvalue weighted by atomic mass is 17.0. The summed E-state index contributed by atoms with van der Waals surface area (Å²) in [5.74, 6) is 0. The zero-order chi connectivity index (χ0) is 27.3. The maximum atomic E-state index is 12.5. The first-order chi connectivity index (χ1) is 16.8. The van der Waals surface area contributed by atoms with Crippen LogP contribution in [-0.2, 0) is 26.0 Å². The number of hydrogen-bond donors (Lipinski definition) is 0. The molecule has 0 aliphatic rings. The summed E-state index contributed by atoms with van der Waals surface area (Å²) in [6.45, 7) is 0. The van der Waals surface area contributed by atoms with Gasteiger partial charge in [0.05, 0.1) is 25.9 Å². The molecule has 0 saturated heterocycles. The van der Waals surface area contributed by atoms with E-state index in [-0.39, 0.29) is 0 Å². The van der Waals surface area contributed by atoms with E-state index in [4.69, 9.17) is 0 Å². The van der Waals surface area contributed by atoms with E-state index in [1.807, 2.05) is 0 Å². The van der Waals surface area contributed by atoms with Crippen molar-refractivity contribution in [2.75, 3.05) is 0 Å². The van der Waals surface area contributed by atoms with Crippen molar-refractivity contribution in [1.29, 1.82) is 0 Å². The summed E-state index contributed by atoms with van der Waals surface area (Å²) in [4.78, 5) is 77.3. The van der Waals surface area contributed by atoms with Gasteiger partial charge in [-0.05, 0) is 24.3 Å². The molecule has 0 bridgehead atoms. The van der Waals surface area contributed by atoms with Crippen LogP contribution in [0, 0.1) is 60.7 Å². The Morgan fingerprint density at radius 2 is 0.778 bits per heavy atom. The molecule has 0 heterocycles. The lowest BCUT2D eigenvalue weighted by atomic mass is 9.80. The first-order valence-electron chi connectivity index (χ1n) is 8.84. The van der Waals surface area contributed by atoms with Gasteiger partial charge in [0.15, 0.2) is 0 Å². The van der Waals surface area contributed by atoms with E-state index in [1.54, 1.807) is 0 Å². The lowest BCUT2D eigenvalue weighted by molar-refractivity contribution is -0.997. The average molecular weight is 514 g/mol. The molecule has 2 unspecified atom stereocenters. The molecule has 2 aromatic carbocycles. The second-order valence-electron chi connectivity index (χ2n) is 6.38. The van der Waals surface area contributed by atoms with E-state index in [0.29, 0.717) is 24.3 Å². The number of nitrogens with zero attached hydrogens (tertiary/aromatic N) is 6. The minimum Gasteiger partial charge on any atom is -0.261 e. The lowest BCUT2D eigenvalue weighted by Crippen LogP contribution is -2.77. The molecule has 0 aliphatic heterocycles. The SMILES string of the molecule is O=[N+]([O-])OC(c1ccccc1)([N+](=O)[O-])C(O[N+](=O)[O-])([N+](=O)[O-])C(O[N+](=O)[O-])(c1ccccc1)[N+](=O)[O-]. The molecule has 21 heteroatoms. The van der Waals surface area contributed by atoms with Gasteiger partial charge in [-0.3, -0.25) is 30.3 Å². The van der Waals surface area contributed by atoms with E-state index in [0.717, 1.165) is 36.4 Å². The Labute approximate surface area is 195 Å². The number of benzene rings is 2. The standard InChI is InChI=1S/C15H10N6O15/c22-16(23)13(34-19(28)29,11-7-3-1-4-8-11)15(18(26)27,36-21(32)33)14(17(24)25,35-20(30)31)12-9-5-2-6-10-12/h1-10H. The normalized spacial score (nSPS) is 15.6. The molecule has 0 fully saturated rings. The van der Waals surface area contributed by atoms with Crippen LogP contribution in [-0.4, -0.2) is 35.8 Å². The fourth-order valence-electron chi connectivity index (χ4n) is 3.43. The van der Waals surface area contributed by atoms with E-state index in [2.05, 4.69) is 14.5 Å². The molecule has 2 atom stereocenters. The Balaban J connectivity index is 3.39. The largest absolute Gasteiger partial charge is 0.556 e. The van der Waals surface area contributed by atoms with Crippen molar-refractivity contribution in [2.24, 2.45) is 0 Å². The third-order valence-electron chi connectivity index (χ3n) is 4.64. The predicted molar refractivity (Wildman–Crippen MR) is 104 cm³/mol. The summed E-state index contributed by atoms with van der Waals surface area (Å²) in [5, 5.41) is 65.4. The zero-order valence-electron chi connectivity index (χ0n) is 17.1. The van der Waals surface area contributed by atoms with Crippen LogP contribution in [0.1, 0.15) is 11.1 Å². The van der Waals surface area contributed by atoms with Crippen molar-refractivity contribution in [3.8, 4) is 0 Å². The van der Waals surface area contributed by atoms with Gasteiger partial charge in [-0.1, -0.05) is 36.4 Å². The van der Waals surface area contributed by atoms with Crippen LogP contribution in [0.15, 0.2) is 60.7 Å². The van der Waals surface area contributed by atoms with Gasteiger partial charge in [0.25, 0.3) is 0 Å². The molecule has 36 heavy (non-hydrogen) atoms.